The first-order valence-electron chi connectivity index (χ1n) is 4.39. The van der Waals surface area contributed by atoms with Crippen LogP contribution in [0.3, 0.4) is 0 Å². The van der Waals surface area contributed by atoms with Crippen molar-refractivity contribution in [2.75, 3.05) is 0 Å². The summed E-state index contributed by atoms with van der Waals surface area (Å²) in [5.41, 5.74) is 1.47. The predicted octanol–water partition coefficient (Wildman–Crippen LogP) is 3.80. The van der Waals surface area contributed by atoms with Crippen LogP contribution >= 0.6 is 0 Å². The standard InChI is InChI=1S/C11H20/c1-6-7-8-10(4)11(5)9(2)3/h6-9,11H,1-5H3/b7-6-,10-8+. The summed E-state index contributed by atoms with van der Waals surface area (Å²) in [7, 11) is 0. The molecule has 0 saturated heterocycles. The molecule has 0 aliphatic rings. The quantitative estimate of drug-likeness (QED) is 0.539. The van der Waals surface area contributed by atoms with Gasteiger partial charge in [0.15, 0.2) is 0 Å². The largest absolute Gasteiger partial charge is 0.0877 e. The average molecular weight is 152 g/mol. The summed E-state index contributed by atoms with van der Waals surface area (Å²) < 4.78 is 0. The molecule has 0 heteroatoms. The highest BCUT2D eigenvalue weighted by molar-refractivity contribution is 5.12. The molecule has 0 aromatic heterocycles. The van der Waals surface area contributed by atoms with Crippen LogP contribution in [0.2, 0.25) is 0 Å². The van der Waals surface area contributed by atoms with Crippen molar-refractivity contribution >= 4 is 0 Å². The van der Waals surface area contributed by atoms with Gasteiger partial charge in [-0.3, -0.25) is 0 Å². The molecular formula is C11H20. The van der Waals surface area contributed by atoms with Crippen molar-refractivity contribution < 1.29 is 0 Å². The smallest absolute Gasteiger partial charge is 0.0208 e. The fraction of sp³-hybridized carbons (Fsp3) is 0.636. The van der Waals surface area contributed by atoms with E-state index in [-0.39, 0.29) is 0 Å². The minimum Gasteiger partial charge on any atom is -0.0877 e. The first kappa shape index (κ1) is 10.5. The lowest BCUT2D eigenvalue weighted by Crippen LogP contribution is -2.04. The van der Waals surface area contributed by atoms with E-state index < -0.39 is 0 Å². The molecule has 0 saturated carbocycles. The SMILES string of the molecule is C/C=C\C=C(/C)C(C)C(C)C. The highest BCUT2D eigenvalue weighted by Crippen LogP contribution is 2.18. The number of hydrogen-bond donors (Lipinski definition) is 0. The Morgan fingerprint density at radius 1 is 1.18 bits per heavy atom. The molecule has 0 radical (unpaired) electrons. The molecule has 0 heterocycles. The Hall–Kier alpha value is -0.520. The molecule has 1 atom stereocenters. The topological polar surface area (TPSA) is 0 Å². The fourth-order valence-electron chi connectivity index (χ4n) is 0.926. The van der Waals surface area contributed by atoms with Gasteiger partial charge in [-0.2, -0.15) is 0 Å². The second-order valence-electron chi connectivity index (χ2n) is 3.47. The van der Waals surface area contributed by atoms with Crippen LogP contribution in [-0.4, -0.2) is 0 Å². The highest BCUT2D eigenvalue weighted by Gasteiger charge is 2.07. The zero-order valence-electron chi connectivity index (χ0n) is 8.39. The number of allylic oxidation sites excluding steroid dienone is 4. The number of rotatable bonds is 3. The van der Waals surface area contributed by atoms with Crippen LogP contribution in [0.15, 0.2) is 23.8 Å². The Morgan fingerprint density at radius 2 is 1.73 bits per heavy atom. The van der Waals surface area contributed by atoms with Crippen molar-refractivity contribution in [2.24, 2.45) is 11.8 Å². The zero-order chi connectivity index (χ0) is 8.85. The van der Waals surface area contributed by atoms with Gasteiger partial charge in [0.25, 0.3) is 0 Å². The van der Waals surface area contributed by atoms with Crippen LogP contribution in [0.4, 0.5) is 0 Å². The minimum absolute atomic E-state index is 0.700. The Bertz CT molecular complexity index is 149. The van der Waals surface area contributed by atoms with Crippen molar-refractivity contribution in [2.45, 2.75) is 34.6 Å². The van der Waals surface area contributed by atoms with Gasteiger partial charge < -0.3 is 0 Å². The van der Waals surface area contributed by atoms with Crippen LogP contribution in [0.25, 0.3) is 0 Å². The van der Waals surface area contributed by atoms with Gasteiger partial charge in [0.05, 0.1) is 0 Å². The lowest BCUT2D eigenvalue weighted by Gasteiger charge is -2.15. The highest BCUT2D eigenvalue weighted by atomic mass is 14.1. The van der Waals surface area contributed by atoms with Crippen molar-refractivity contribution in [1.29, 1.82) is 0 Å². The zero-order valence-corrected chi connectivity index (χ0v) is 8.39. The average Bonchev–Trinajstić information content (AvgIpc) is 1.98. The van der Waals surface area contributed by atoms with Crippen LogP contribution in [0.5, 0.6) is 0 Å². The minimum atomic E-state index is 0.700. The van der Waals surface area contributed by atoms with Crippen molar-refractivity contribution in [1.82, 2.24) is 0 Å². The first-order valence-corrected chi connectivity index (χ1v) is 4.39. The van der Waals surface area contributed by atoms with Crippen molar-refractivity contribution in [3.8, 4) is 0 Å². The van der Waals surface area contributed by atoms with Crippen LogP contribution in [0.1, 0.15) is 34.6 Å². The maximum atomic E-state index is 2.28. The van der Waals surface area contributed by atoms with Crippen molar-refractivity contribution in [3.05, 3.63) is 23.8 Å². The molecule has 1 unspecified atom stereocenters. The summed E-state index contributed by atoms with van der Waals surface area (Å²) >= 11 is 0. The van der Waals surface area contributed by atoms with Gasteiger partial charge in [-0.15, -0.1) is 0 Å². The predicted molar refractivity (Wildman–Crippen MR) is 52.6 cm³/mol. The van der Waals surface area contributed by atoms with E-state index in [0.29, 0.717) is 5.92 Å². The molecule has 0 bridgehead atoms. The Labute approximate surface area is 71.0 Å². The molecule has 11 heavy (non-hydrogen) atoms. The monoisotopic (exact) mass is 152 g/mol. The van der Waals surface area contributed by atoms with Gasteiger partial charge in [0.1, 0.15) is 0 Å². The summed E-state index contributed by atoms with van der Waals surface area (Å²) in [5, 5.41) is 0. The maximum absolute atomic E-state index is 2.28. The molecule has 0 amide bonds. The molecule has 0 aromatic rings. The van der Waals surface area contributed by atoms with Gasteiger partial charge in [0, 0.05) is 0 Å². The van der Waals surface area contributed by atoms with E-state index >= 15 is 0 Å². The van der Waals surface area contributed by atoms with Crippen LogP contribution in [0, 0.1) is 11.8 Å². The second-order valence-corrected chi connectivity index (χ2v) is 3.47. The summed E-state index contributed by atoms with van der Waals surface area (Å²) in [4.78, 5) is 0. The molecular weight excluding hydrogens is 132 g/mol. The Morgan fingerprint density at radius 3 is 2.09 bits per heavy atom. The third-order valence-corrected chi connectivity index (χ3v) is 2.27. The third-order valence-electron chi connectivity index (χ3n) is 2.27. The second kappa shape index (κ2) is 5.17. The third kappa shape index (κ3) is 4.02. The molecule has 0 rings (SSSR count). The Kier molecular flexibility index (Phi) is 4.93. The van der Waals surface area contributed by atoms with Crippen LogP contribution < -0.4 is 0 Å². The van der Waals surface area contributed by atoms with Crippen LogP contribution in [-0.2, 0) is 0 Å². The van der Waals surface area contributed by atoms with E-state index in [1.54, 1.807) is 0 Å². The van der Waals surface area contributed by atoms with Gasteiger partial charge in [-0.1, -0.05) is 44.6 Å². The first-order chi connectivity index (χ1) is 5.09. The van der Waals surface area contributed by atoms with E-state index in [1.807, 2.05) is 6.92 Å². The summed E-state index contributed by atoms with van der Waals surface area (Å²) in [6, 6.07) is 0. The molecule has 0 aromatic carbocycles. The molecule has 0 spiro atoms. The molecule has 64 valence electrons. The lowest BCUT2D eigenvalue weighted by atomic mass is 9.91. The van der Waals surface area contributed by atoms with Gasteiger partial charge >= 0.3 is 0 Å². The van der Waals surface area contributed by atoms with E-state index in [4.69, 9.17) is 0 Å². The van der Waals surface area contributed by atoms with E-state index in [2.05, 4.69) is 45.9 Å². The molecule has 0 nitrogen and oxygen atoms in total. The summed E-state index contributed by atoms with van der Waals surface area (Å²) in [6.45, 7) is 11.0. The maximum Gasteiger partial charge on any atom is -0.0208 e. The van der Waals surface area contributed by atoms with Gasteiger partial charge in [-0.05, 0) is 25.7 Å². The molecule has 0 fully saturated rings. The van der Waals surface area contributed by atoms with Crippen molar-refractivity contribution in [3.63, 3.8) is 0 Å². The molecule has 0 N–H and O–H groups in total. The molecule has 0 aliphatic carbocycles. The number of hydrogen-bond acceptors (Lipinski definition) is 0. The van der Waals surface area contributed by atoms with E-state index in [1.165, 1.54) is 5.57 Å². The van der Waals surface area contributed by atoms with Gasteiger partial charge in [-0.25, -0.2) is 0 Å². The fourth-order valence-corrected chi connectivity index (χ4v) is 0.926. The summed E-state index contributed by atoms with van der Waals surface area (Å²) in [6.07, 6.45) is 6.37. The normalized spacial score (nSPS) is 16.4. The van der Waals surface area contributed by atoms with E-state index in [0.717, 1.165) is 5.92 Å². The van der Waals surface area contributed by atoms with E-state index in [9.17, 15) is 0 Å². The van der Waals surface area contributed by atoms with Gasteiger partial charge in [0.2, 0.25) is 0 Å². The summed E-state index contributed by atoms with van der Waals surface area (Å²) in [5.74, 6) is 1.45. The Balaban J connectivity index is 4.11. The lowest BCUT2D eigenvalue weighted by molar-refractivity contribution is 0.480. The molecule has 0 aliphatic heterocycles.